The van der Waals surface area contributed by atoms with Gasteiger partial charge in [0.1, 0.15) is 5.75 Å². The van der Waals surface area contributed by atoms with Crippen LogP contribution >= 0.6 is 0 Å². The summed E-state index contributed by atoms with van der Waals surface area (Å²) in [6, 6.07) is 7.84. The largest absolute Gasteiger partial charge is 0.489 e. The summed E-state index contributed by atoms with van der Waals surface area (Å²) in [5.74, 6) is 0.805. The molecular weight excluding hydrogens is 226 g/mol. The molecule has 0 amide bonds. The molecule has 0 fully saturated rings. The van der Waals surface area contributed by atoms with Crippen LogP contribution in [0.5, 0.6) is 5.75 Å². The summed E-state index contributed by atoms with van der Waals surface area (Å²) in [5.41, 5.74) is 1.66. The zero-order valence-corrected chi connectivity index (χ0v) is 10.5. The first-order valence-corrected chi connectivity index (χ1v) is 6.60. The van der Waals surface area contributed by atoms with Crippen LogP contribution < -0.4 is 10.3 Å². The molecule has 0 radical (unpaired) electrons. The van der Waals surface area contributed by atoms with Gasteiger partial charge >= 0.3 is 0 Å². The second-order valence-corrected chi connectivity index (χ2v) is 4.87. The average Bonchev–Trinajstić information content (AvgIpc) is 2.39. The molecule has 2 heterocycles. The van der Waals surface area contributed by atoms with Gasteiger partial charge < -0.3 is 9.72 Å². The molecule has 0 unspecified atom stereocenters. The average molecular weight is 243 g/mol. The van der Waals surface area contributed by atoms with Crippen LogP contribution in [0.4, 0.5) is 0 Å². The van der Waals surface area contributed by atoms with Gasteiger partial charge in [0.25, 0.3) is 5.56 Å². The van der Waals surface area contributed by atoms with E-state index in [0.29, 0.717) is 0 Å². The van der Waals surface area contributed by atoms with E-state index in [9.17, 15) is 4.79 Å². The van der Waals surface area contributed by atoms with E-state index in [1.807, 2.05) is 24.3 Å². The molecule has 0 bridgehead atoms. The van der Waals surface area contributed by atoms with E-state index >= 15 is 0 Å². The summed E-state index contributed by atoms with van der Waals surface area (Å²) < 4.78 is 6.05. The van der Waals surface area contributed by atoms with Gasteiger partial charge in [-0.15, -0.1) is 0 Å². The van der Waals surface area contributed by atoms with Gasteiger partial charge in [-0.2, -0.15) is 0 Å². The lowest BCUT2D eigenvalue weighted by molar-refractivity contribution is 0.165. The number of hydrogen-bond donors (Lipinski definition) is 1. The van der Waals surface area contributed by atoms with Gasteiger partial charge in [-0.3, -0.25) is 4.79 Å². The lowest BCUT2D eigenvalue weighted by Crippen LogP contribution is -2.27. The minimum absolute atomic E-state index is 0.00125. The molecule has 0 saturated heterocycles. The van der Waals surface area contributed by atoms with Crippen LogP contribution in [0, 0.1) is 0 Å². The quantitative estimate of drug-likeness (QED) is 0.881. The highest BCUT2D eigenvalue weighted by Gasteiger charge is 2.23. The molecule has 1 aliphatic rings. The van der Waals surface area contributed by atoms with Crippen molar-refractivity contribution in [2.24, 2.45) is 0 Å². The lowest BCUT2D eigenvalue weighted by atomic mass is 9.99. The van der Waals surface area contributed by atoms with Gasteiger partial charge in [-0.1, -0.05) is 25.5 Å². The van der Waals surface area contributed by atoms with Crippen LogP contribution in [0.3, 0.4) is 0 Å². The molecule has 1 aliphatic heterocycles. The van der Waals surface area contributed by atoms with Crippen LogP contribution in [-0.2, 0) is 6.42 Å². The highest BCUT2D eigenvalue weighted by atomic mass is 16.5. The normalized spacial score (nSPS) is 18.4. The molecule has 1 atom stereocenters. The number of benzene rings is 1. The number of aromatic nitrogens is 1. The number of para-hydroxylation sites is 1. The highest BCUT2D eigenvalue weighted by molar-refractivity contribution is 5.86. The Morgan fingerprint density at radius 1 is 1.39 bits per heavy atom. The fourth-order valence-electron chi connectivity index (χ4n) is 2.67. The van der Waals surface area contributed by atoms with E-state index in [1.54, 1.807) is 0 Å². The molecule has 1 aromatic heterocycles. The zero-order chi connectivity index (χ0) is 12.5. The molecule has 2 aromatic rings. The topological polar surface area (TPSA) is 42.1 Å². The Hall–Kier alpha value is -1.77. The van der Waals surface area contributed by atoms with Crippen LogP contribution in [0.25, 0.3) is 10.9 Å². The first kappa shape index (κ1) is 11.3. The summed E-state index contributed by atoms with van der Waals surface area (Å²) in [7, 11) is 0. The first-order valence-electron chi connectivity index (χ1n) is 6.60. The number of fused-ring (bicyclic) bond motifs is 3. The molecule has 18 heavy (non-hydrogen) atoms. The maximum atomic E-state index is 12.0. The summed E-state index contributed by atoms with van der Waals surface area (Å²) in [6.45, 7) is 2.16. The number of ether oxygens (including phenoxy) is 1. The standard InChI is InChI=1S/C15H17NO2/c1-2-5-10-8-9-12-14(18-10)11-6-3-4-7-13(11)16-15(12)17/h3-4,6-7,10H,2,5,8-9H2,1H3,(H,16,17)/t10-/m0/s1. The van der Waals surface area contributed by atoms with E-state index < -0.39 is 0 Å². The number of aromatic amines is 1. The Morgan fingerprint density at radius 3 is 3.06 bits per heavy atom. The third-order valence-electron chi connectivity index (χ3n) is 3.58. The second-order valence-electron chi connectivity index (χ2n) is 4.87. The number of rotatable bonds is 2. The summed E-state index contributed by atoms with van der Waals surface area (Å²) >= 11 is 0. The first-order chi connectivity index (χ1) is 8.79. The van der Waals surface area contributed by atoms with E-state index in [2.05, 4.69) is 11.9 Å². The van der Waals surface area contributed by atoms with Gasteiger partial charge in [0.2, 0.25) is 0 Å². The fraction of sp³-hybridized carbons (Fsp3) is 0.400. The van der Waals surface area contributed by atoms with Crippen molar-refractivity contribution in [3.63, 3.8) is 0 Å². The van der Waals surface area contributed by atoms with E-state index in [0.717, 1.165) is 47.9 Å². The zero-order valence-electron chi connectivity index (χ0n) is 10.5. The van der Waals surface area contributed by atoms with Crippen LogP contribution in [0.2, 0.25) is 0 Å². The molecule has 3 rings (SSSR count). The van der Waals surface area contributed by atoms with Crippen LogP contribution in [0.15, 0.2) is 29.1 Å². The lowest BCUT2D eigenvalue weighted by Gasteiger charge is -2.26. The van der Waals surface area contributed by atoms with Gasteiger partial charge in [-0.25, -0.2) is 0 Å². The van der Waals surface area contributed by atoms with Crippen molar-refractivity contribution in [1.29, 1.82) is 0 Å². The molecule has 1 aromatic carbocycles. The van der Waals surface area contributed by atoms with Gasteiger partial charge in [0.05, 0.1) is 17.2 Å². The van der Waals surface area contributed by atoms with Crippen LogP contribution in [0.1, 0.15) is 31.7 Å². The smallest absolute Gasteiger partial charge is 0.255 e. The van der Waals surface area contributed by atoms with E-state index in [-0.39, 0.29) is 11.7 Å². The minimum Gasteiger partial charge on any atom is -0.489 e. The molecule has 0 saturated carbocycles. The van der Waals surface area contributed by atoms with Crippen molar-refractivity contribution in [2.45, 2.75) is 38.7 Å². The second kappa shape index (κ2) is 4.48. The Labute approximate surface area is 106 Å². The fourth-order valence-corrected chi connectivity index (χ4v) is 2.67. The molecule has 0 spiro atoms. The van der Waals surface area contributed by atoms with Crippen molar-refractivity contribution >= 4 is 10.9 Å². The van der Waals surface area contributed by atoms with E-state index in [1.165, 1.54) is 0 Å². The molecule has 0 aliphatic carbocycles. The molecule has 3 heteroatoms. The third-order valence-corrected chi connectivity index (χ3v) is 3.58. The molecular formula is C15H17NO2. The maximum Gasteiger partial charge on any atom is 0.255 e. The van der Waals surface area contributed by atoms with Gasteiger partial charge in [0.15, 0.2) is 0 Å². The number of nitrogens with one attached hydrogen (secondary N) is 1. The van der Waals surface area contributed by atoms with Crippen molar-refractivity contribution in [2.75, 3.05) is 0 Å². The predicted octanol–water partition coefficient (Wildman–Crippen LogP) is 3.02. The minimum atomic E-state index is -0.00125. The monoisotopic (exact) mass is 243 g/mol. The molecule has 1 N–H and O–H groups in total. The van der Waals surface area contributed by atoms with Gasteiger partial charge in [0, 0.05) is 5.39 Å². The van der Waals surface area contributed by atoms with Crippen molar-refractivity contribution in [3.8, 4) is 5.75 Å². The molecule has 3 nitrogen and oxygen atoms in total. The Kier molecular flexibility index (Phi) is 2.82. The number of H-pyrrole nitrogens is 1. The van der Waals surface area contributed by atoms with Crippen LogP contribution in [-0.4, -0.2) is 11.1 Å². The predicted molar refractivity (Wildman–Crippen MR) is 72.2 cm³/mol. The number of pyridine rings is 1. The summed E-state index contributed by atoms with van der Waals surface area (Å²) in [4.78, 5) is 14.9. The van der Waals surface area contributed by atoms with Gasteiger partial charge in [-0.05, 0) is 31.4 Å². The Morgan fingerprint density at radius 2 is 2.22 bits per heavy atom. The Bertz CT molecular complexity index is 630. The van der Waals surface area contributed by atoms with Crippen molar-refractivity contribution in [3.05, 3.63) is 40.2 Å². The summed E-state index contributed by atoms with van der Waals surface area (Å²) in [6.07, 6.45) is 4.19. The molecule has 94 valence electrons. The maximum absolute atomic E-state index is 12.0. The van der Waals surface area contributed by atoms with Crippen molar-refractivity contribution in [1.82, 2.24) is 4.98 Å². The summed E-state index contributed by atoms with van der Waals surface area (Å²) in [5, 5.41) is 1.02. The Balaban J connectivity index is 2.16. The highest BCUT2D eigenvalue weighted by Crippen LogP contribution is 2.32. The van der Waals surface area contributed by atoms with E-state index in [4.69, 9.17) is 4.74 Å². The third kappa shape index (κ3) is 1.80. The van der Waals surface area contributed by atoms with Crippen molar-refractivity contribution < 1.29 is 4.74 Å². The SMILES string of the molecule is CCC[C@H]1CCc2c(c3ccccc3[nH]c2=O)O1. The number of hydrogen-bond acceptors (Lipinski definition) is 2.